The molecule has 0 radical (unpaired) electrons. The highest BCUT2D eigenvalue weighted by molar-refractivity contribution is 5.66. The molecule has 15 heavy (non-hydrogen) atoms. The van der Waals surface area contributed by atoms with Crippen LogP contribution in [0, 0.1) is 13.8 Å². The maximum atomic E-state index is 10.2. The molecule has 1 rings (SSSR count). The van der Waals surface area contributed by atoms with E-state index in [9.17, 15) is 4.79 Å². The number of aromatic nitrogens is 1. The molecule has 0 aliphatic carbocycles. The van der Waals surface area contributed by atoms with Gasteiger partial charge in [-0.3, -0.25) is 4.79 Å². The second kappa shape index (κ2) is 5.56. The number of carbonyl (C=O) groups is 1. The lowest BCUT2D eigenvalue weighted by Gasteiger charge is -2.02. The largest absolute Gasteiger partial charge is 0.481 e. The van der Waals surface area contributed by atoms with Crippen molar-refractivity contribution in [3.63, 3.8) is 0 Å². The Morgan fingerprint density at radius 2 is 2.20 bits per heavy atom. The number of nitrogens with one attached hydrogen (secondary N) is 2. The van der Waals surface area contributed by atoms with Crippen LogP contribution in [-0.2, 0) is 11.2 Å². The lowest BCUT2D eigenvalue weighted by molar-refractivity contribution is -0.136. The summed E-state index contributed by atoms with van der Waals surface area (Å²) in [7, 11) is 0. The van der Waals surface area contributed by atoms with E-state index in [0.717, 1.165) is 13.0 Å². The fraction of sp³-hybridized carbons (Fsp3) is 0.545. The van der Waals surface area contributed by atoms with Crippen LogP contribution in [0.15, 0.2) is 6.07 Å². The van der Waals surface area contributed by atoms with E-state index in [4.69, 9.17) is 5.11 Å². The number of carboxylic acids is 1. The maximum absolute atomic E-state index is 10.2. The molecule has 0 unspecified atom stereocenters. The summed E-state index contributed by atoms with van der Waals surface area (Å²) < 4.78 is 0. The van der Waals surface area contributed by atoms with Gasteiger partial charge in [0.05, 0.1) is 6.42 Å². The zero-order chi connectivity index (χ0) is 11.3. The van der Waals surface area contributed by atoms with Gasteiger partial charge in [-0.2, -0.15) is 0 Å². The van der Waals surface area contributed by atoms with E-state index in [1.165, 1.54) is 17.0 Å². The molecule has 0 aliphatic heterocycles. The number of hydrogen-bond acceptors (Lipinski definition) is 2. The Balaban J connectivity index is 2.20. The van der Waals surface area contributed by atoms with Crippen LogP contribution in [0.5, 0.6) is 0 Å². The highest BCUT2D eigenvalue weighted by atomic mass is 16.4. The number of aliphatic carboxylic acids is 1. The lowest BCUT2D eigenvalue weighted by atomic mass is 10.2. The van der Waals surface area contributed by atoms with Gasteiger partial charge in [-0.1, -0.05) is 0 Å². The Bertz CT molecular complexity index is 331. The Kier molecular flexibility index (Phi) is 4.37. The minimum Gasteiger partial charge on any atom is -0.481 e. The molecule has 4 nitrogen and oxygen atoms in total. The summed E-state index contributed by atoms with van der Waals surface area (Å²) in [6.07, 6.45) is 1.13. The van der Waals surface area contributed by atoms with Gasteiger partial charge in [-0.05, 0) is 38.4 Å². The van der Waals surface area contributed by atoms with Crippen LogP contribution in [0.4, 0.5) is 0 Å². The Morgan fingerprint density at radius 3 is 2.73 bits per heavy atom. The molecule has 84 valence electrons. The number of H-pyrrole nitrogens is 1. The third-order valence-corrected chi connectivity index (χ3v) is 2.34. The van der Waals surface area contributed by atoms with Crippen molar-refractivity contribution in [2.24, 2.45) is 0 Å². The number of rotatable bonds is 6. The molecule has 0 amide bonds. The van der Waals surface area contributed by atoms with Gasteiger partial charge in [0.1, 0.15) is 0 Å². The number of carboxylic acid groups (broad SMARTS) is 1. The number of hydrogen-bond donors (Lipinski definition) is 3. The molecule has 0 aliphatic rings. The van der Waals surface area contributed by atoms with Crippen molar-refractivity contribution in [3.05, 3.63) is 23.0 Å². The first-order valence-corrected chi connectivity index (χ1v) is 5.17. The summed E-state index contributed by atoms with van der Waals surface area (Å²) in [6.45, 7) is 5.46. The summed E-state index contributed by atoms with van der Waals surface area (Å²) >= 11 is 0. The van der Waals surface area contributed by atoms with E-state index in [1.807, 2.05) is 6.92 Å². The molecule has 4 heteroatoms. The van der Waals surface area contributed by atoms with Crippen molar-refractivity contribution < 1.29 is 9.90 Å². The molecule has 0 saturated carbocycles. The third kappa shape index (κ3) is 4.16. The van der Waals surface area contributed by atoms with Crippen molar-refractivity contribution in [1.82, 2.24) is 10.3 Å². The van der Waals surface area contributed by atoms with E-state index in [0.29, 0.717) is 6.54 Å². The lowest BCUT2D eigenvalue weighted by Crippen LogP contribution is -2.20. The van der Waals surface area contributed by atoms with E-state index >= 15 is 0 Å². The van der Waals surface area contributed by atoms with Crippen LogP contribution in [0.3, 0.4) is 0 Å². The predicted molar refractivity (Wildman–Crippen MR) is 59.1 cm³/mol. The van der Waals surface area contributed by atoms with Gasteiger partial charge in [0, 0.05) is 17.9 Å². The van der Waals surface area contributed by atoms with Gasteiger partial charge < -0.3 is 15.4 Å². The Morgan fingerprint density at radius 1 is 1.47 bits per heavy atom. The third-order valence-electron chi connectivity index (χ3n) is 2.34. The van der Waals surface area contributed by atoms with E-state index < -0.39 is 5.97 Å². The van der Waals surface area contributed by atoms with Crippen LogP contribution in [-0.4, -0.2) is 29.1 Å². The first-order valence-electron chi connectivity index (χ1n) is 5.17. The number of aromatic amines is 1. The van der Waals surface area contributed by atoms with Gasteiger partial charge in [0.25, 0.3) is 0 Å². The minimum absolute atomic E-state index is 0.186. The smallest absolute Gasteiger partial charge is 0.304 e. The van der Waals surface area contributed by atoms with Gasteiger partial charge in [0.15, 0.2) is 0 Å². The van der Waals surface area contributed by atoms with Gasteiger partial charge >= 0.3 is 5.97 Å². The molecule has 0 saturated heterocycles. The maximum Gasteiger partial charge on any atom is 0.304 e. The fourth-order valence-corrected chi connectivity index (χ4v) is 1.58. The van der Waals surface area contributed by atoms with E-state index in [2.05, 4.69) is 23.3 Å². The van der Waals surface area contributed by atoms with E-state index in [1.54, 1.807) is 0 Å². The molecule has 0 aromatic carbocycles. The fourth-order valence-electron chi connectivity index (χ4n) is 1.58. The predicted octanol–water partition coefficient (Wildman–Crippen LogP) is 1.24. The van der Waals surface area contributed by atoms with Crippen molar-refractivity contribution in [3.8, 4) is 0 Å². The Hall–Kier alpha value is -1.29. The molecular formula is C11H18N2O2. The second-order valence-electron chi connectivity index (χ2n) is 3.75. The topological polar surface area (TPSA) is 65.1 Å². The average Bonchev–Trinajstić information content (AvgIpc) is 2.44. The summed E-state index contributed by atoms with van der Waals surface area (Å²) in [6, 6.07) is 2.13. The van der Waals surface area contributed by atoms with Crippen LogP contribution < -0.4 is 5.32 Å². The summed E-state index contributed by atoms with van der Waals surface area (Å²) in [5, 5.41) is 11.5. The van der Waals surface area contributed by atoms with Crippen molar-refractivity contribution in [2.45, 2.75) is 26.7 Å². The highest BCUT2D eigenvalue weighted by Crippen LogP contribution is 2.09. The van der Waals surface area contributed by atoms with Crippen LogP contribution in [0.2, 0.25) is 0 Å². The summed E-state index contributed by atoms with van der Waals surface area (Å²) in [4.78, 5) is 13.5. The highest BCUT2D eigenvalue weighted by Gasteiger charge is 2.01. The zero-order valence-corrected chi connectivity index (χ0v) is 9.26. The SMILES string of the molecule is Cc1cc(CCNCCC(=O)O)c(C)[nH]1. The first kappa shape index (κ1) is 11.8. The molecule has 0 atom stereocenters. The normalized spacial score (nSPS) is 10.5. The standard InChI is InChI=1S/C11H18N2O2/c1-8-7-10(9(2)13-8)3-5-12-6-4-11(14)15/h7,12-13H,3-6H2,1-2H3,(H,14,15). The zero-order valence-electron chi connectivity index (χ0n) is 9.26. The summed E-state index contributed by atoms with van der Waals surface area (Å²) in [5.41, 5.74) is 3.68. The van der Waals surface area contributed by atoms with E-state index in [-0.39, 0.29) is 6.42 Å². The van der Waals surface area contributed by atoms with Crippen LogP contribution >= 0.6 is 0 Å². The number of aryl methyl sites for hydroxylation is 2. The van der Waals surface area contributed by atoms with Crippen LogP contribution in [0.25, 0.3) is 0 Å². The van der Waals surface area contributed by atoms with Crippen molar-refractivity contribution >= 4 is 5.97 Å². The summed E-state index contributed by atoms with van der Waals surface area (Å²) in [5.74, 6) is -0.754. The molecule has 0 bridgehead atoms. The average molecular weight is 210 g/mol. The van der Waals surface area contributed by atoms with Crippen molar-refractivity contribution in [1.29, 1.82) is 0 Å². The first-order chi connectivity index (χ1) is 7.09. The van der Waals surface area contributed by atoms with Crippen LogP contribution in [0.1, 0.15) is 23.4 Å². The molecular weight excluding hydrogens is 192 g/mol. The quantitative estimate of drug-likeness (QED) is 0.619. The van der Waals surface area contributed by atoms with Gasteiger partial charge in [0.2, 0.25) is 0 Å². The Labute approximate surface area is 89.7 Å². The minimum atomic E-state index is -0.754. The molecule has 1 aromatic rings. The molecule has 1 heterocycles. The molecule has 1 aromatic heterocycles. The van der Waals surface area contributed by atoms with Gasteiger partial charge in [-0.15, -0.1) is 0 Å². The van der Waals surface area contributed by atoms with Crippen molar-refractivity contribution in [2.75, 3.05) is 13.1 Å². The van der Waals surface area contributed by atoms with Gasteiger partial charge in [-0.25, -0.2) is 0 Å². The second-order valence-corrected chi connectivity index (χ2v) is 3.75. The molecule has 0 spiro atoms. The molecule has 0 fully saturated rings. The monoisotopic (exact) mass is 210 g/mol. The molecule has 3 N–H and O–H groups in total.